The van der Waals surface area contributed by atoms with Crippen molar-refractivity contribution in [1.82, 2.24) is 29.4 Å². The molecule has 0 spiro atoms. The molecule has 0 saturated heterocycles. The van der Waals surface area contributed by atoms with E-state index in [1.54, 1.807) is 18.0 Å². The molecule has 3 aromatic carbocycles. The number of aromatic nitrogens is 6. The fourth-order valence-corrected chi connectivity index (χ4v) is 5.36. The lowest BCUT2D eigenvalue weighted by atomic mass is 9.84. The molecule has 1 aliphatic heterocycles. The SMILES string of the molecule is COc1ccccc1C1c2c(C)nn(-c3ccccc3)c2Oc2ncn3nc(CON=C(C)c4ccccc4)nc3c21. The van der Waals surface area contributed by atoms with Crippen molar-refractivity contribution in [3.05, 3.63) is 125 Å². The van der Waals surface area contributed by atoms with Crippen molar-refractivity contribution in [3.8, 4) is 23.2 Å². The average Bonchev–Trinajstić information content (AvgIpc) is 3.61. The maximum absolute atomic E-state index is 6.50. The summed E-state index contributed by atoms with van der Waals surface area (Å²) in [6.45, 7) is 3.98. The first kappa shape index (κ1) is 25.5. The van der Waals surface area contributed by atoms with Gasteiger partial charge in [-0.2, -0.15) is 5.10 Å². The molecule has 0 radical (unpaired) electrons. The summed E-state index contributed by atoms with van der Waals surface area (Å²) in [6.07, 6.45) is 1.60. The van der Waals surface area contributed by atoms with Gasteiger partial charge in [0.25, 0.3) is 0 Å². The van der Waals surface area contributed by atoms with Crippen LogP contribution in [0.1, 0.15) is 46.6 Å². The molecule has 3 aromatic heterocycles. The van der Waals surface area contributed by atoms with E-state index < -0.39 is 0 Å². The quantitative estimate of drug-likeness (QED) is 0.179. The Bertz CT molecular complexity index is 1930. The molecule has 10 nitrogen and oxygen atoms in total. The van der Waals surface area contributed by atoms with Crippen molar-refractivity contribution in [2.45, 2.75) is 26.4 Å². The third-order valence-corrected chi connectivity index (χ3v) is 7.30. The number of methoxy groups -OCH3 is 1. The van der Waals surface area contributed by atoms with E-state index >= 15 is 0 Å². The summed E-state index contributed by atoms with van der Waals surface area (Å²) in [5.74, 6) is 1.92. The fraction of sp³-hybridized carbons (Fsp3) is 0.156. The summed E-state index contributed by atoms with van der Waals surface area (Å²) >= 11 is 0. The Morgan fingerprint density at radius 2 is 1.67 bits per heavy atom. The Balaban J connectivity index is 1.34. The maximum Gasteiger partial charge on any atom is 0.230 e. The van der Waals surface area contributed by atoms with E-state index in [0.717, 1.165) is 45.1 Å². The first-order valence-electron chi connectivity index (χ1n) is 13.5. The van der Waals surface area contributed by atoms with E-state index in [-0.39, 0.29) is 12.5 Å². The average molecular weight is 558 g/mol. The van der Waals surface area contributed by atoms with Crippen LogP contribution in [0.2, 0.25) is 0 Å². The number of rotatable bonds is 7. The zero-order valence-electron chi connectivity index (χ0n) is 23.3. The van der Waals surface area contributed by atoms with Gasteiger partial charge in [0.1, 0.15) is 12.1 Å². The first-order chi connectivity index (χ1) is 20.6. The minimum absolute atomic E-state index is 0.0943. The van der Waals surface area contributed by atoms with E-state index in [0.29, 0.717) is 23.2 Å². The predicted molar refractivity (Wildman–Crippen MR) is 157 cm³/mol. The molecule has 7 rings (SSSR count). The van der Waals surface area contributed by atoms with Crippen LogP contribution in [-0.2, 0) is 11.4 Å². The number of oxime groups is 1. The van der Waals surface area contributed by atoms with Crippen LogP contribution in [0.4, 0.5) is 0 Å². The normalized spacial score (nSPS) is 14.3. The highest BCUT2D eigenvalue weighted by Gasteiger charge is 2.39. The first-order valence-corrected chi connectivity index (χ1v) is 13.5. The van der Waals surface area contributed by atoms with Gasteiger partial charge in [-0.1, -0.05) is 71.9 Å². The molecule has 42 heavy (non-hydrogen) atoms. The van der Waals surface area contributed by atoms with Crippen molar-refractivity contribution in [2.75, 3.05) is 7.11 Å². The zero-order valence-corrected chi connectivity index (χ0v) is 23.3. The molecule has 6 aromatic rings. The van der Waals surface area contributed by atoms with Crippen LogP contribution in [-0.4, -0.2) is 42.2 Å². The second-order valence-corrected chi connectivity index (χ2v) is 9.90. The minimum Gasteiger partial charge on any atom is -0.496 e. The van der Waals surface area contributed by atoms with Crippen LogP contribution < -0.4 is 9.47 Å². The Morgan fingerprint density at radius 3 is 2.45 bits per heavy atom. The van der Waals surface area contributed by atoms with Gasteiger partial charge in [-0.05, 0) is 37.6 Å². The van der Waals surface area contributed by atoms with Gasteiger partial charge in [0, 0.05) is 5.56 Å². The molecule has 0 N–H and O–H groups in total. The van der Waals surface area contributed by atoms with Crippen molar-refractivity contribution in [2.24, 2.45) is 5.16 Å². The molecule has 1 aliphatic rings. The standard InChI is InChI=1S/C32H27N7O3/c1-20(22-12-6-4-7-13-22)37-41-18-26-34-30-29-28(24-16-10-11-17-25(24)40-3)27-21(2)35-39(23-14-8-5-9-15-23)32(27)42-31(29)33-19-38(30)36-26/h4-17,19,28H,18H2,1-3H3. The molecular weight excluding hydrogens is 530 g/mol. The van der Waals surface area contributed by atoms with Gasteiger partial charge in [0.05, 0.1) is 41.2 Å². The molecule has 0 fully saturated rings. The third-order valence-electron chi connectivity index (χ3n) is 7.30. The monoisotopic (exact) mass is 557 g/mol. The van der Waals surface area contributed by atoms with Crippen molar-refractivity contribution < 1.29 is 14.3 Å². The summed E-state index contributed by atoms with van der Waals surface area (Å²) < 4.78 is 15.8. The Hall–Kier alpha value is -5.51. The third kappa shape index (κ3) is 4.33. The topological polar surface area (TPSA) is 101 Å². The Labute approximate surface area is 241 Å². The van der Waals surface area contributed by atoms with Gasteiger partial charge in [0.15, 0.2) is 18.1 Å². The molecule has 0 amide bonds. The van der Waals surface area contributed by atoms with E-state index in [1.807, 2.05) is 103 Å². The van der Waals surface area contributed by atoms with Gasteiger partial charge in [0.2, 0.25) is 11.8 Å². The number of para-hydroxylation sites is 2. The molecule has 208 valence electrons. The molecule has 0 saturated carbocycles. The van der Waals surface area contributed by atoms with Crippen LogP contribution in [0.25, 0.3) is 11.3 Å². The highest BCUT2D eigenvalue weighted by molar-refractivity contribution is 5.98. The number of ether oxygens (including phenoxy) is 2. The summed E-state index contributed by atoms with van der Waals surface area (Å²) in [5, 5.41) is 13.8. The molecule has 1 unspecified atom stereocenters. The zero-order chi connectivity index (χ0) is 28.6. The maximum atomic E-state index is 6.50. The number of hydrogen-bond donors (Lipinski definition) is 0. The van der Waals surface area contributed by atoms with Gasteiger partial charge in [-0.15, -0.1) is 5.10 Å². The van der Waals surface area contributed by atoms with Crippen LogP contribution in [0.15, 0.2) is 96.4 Å². The van der Waals surface area contributed by atoms with Crippen LogP contribution in [0.3, 0.4) is 0 Å². The largest absolute Gasteiger partial charge is 0.496 e. The lowest BCUT2D eigenvalue weighted by molar-refractivity contribution is 0.125. The van der Waals surface area contributed by atoms with Crippen LogP contribution in [0.5, 0.6) is 17.5 Å². The number of hydrogen-bond acceptors (Lipinski definition) is 8. The summed E-state index contributed by atoms with van der Waals surface area (Å²) in [5.41, 5.74) is 6.70. The summed E-state index contributed by atoms with van der Waals surface area (Å²) in [7, 11) is 1.67. The highest BCUT2D eigenvalue weighted by atomic mass is 16.6. The molecule has 10 heteroatoms. The second-order valence-electron chi connectivity index (χ2n) is 9.90. The number of fused-ring (bicyclic) bond motifs is 4. The molecule has 1 atom stereocenters. The van der Waals surface area contributed by atoms with E-state index in [9.17, 15) is 0 Å². The number of benzene rings is 3. The van der Waals surface area contributed by atoms with Crippen LogP contribution in [0, 0.1) is 6.92 Å². The van der Waals surface area contributed by atoms with Gasteiger partial charge >= 0.3 is 0 Å². The highest BCUT2D eigenvalue weighted by Crippen LogP contribution is 2.51. The number of aryl methyl sites for hydroxylation is 1. The van der Waals surface area contributed by atoms with Crippen molar-refractivity contribution in [3.63, 3.8) is 0 Å². The van der Waals surface area contributed by atoms with Crippen molar-refractivity contribution in [1.29, 1.82) is 0 Å². The Kier molecular flexibility index (Phi) is 6.35. The minimum atomic E-state index is -0.329. The van der Waals surface area contributed by atoms with E-state index in [2.05, 4.69) is 15.2 Å². The van der Waals surface area contributed by atoms with Gasteiger partial charge in [-0.3, -0.25) is 0 Å². The summed E-state index contributed by atoms with van der Waals surface area (Å²) in [6, 6.07) is 27.7. The molecule has 4 heterocycles. The van der Waals surface area contributed by atoms with E-state index in [1.165, 1.54) is 0 Å². The van der Waals surface area contributed by atoms with E-state index in [4.69, 9.17) is 24.4 Å². The fourth-order valence-electron chi connectivity index (χ4n) is 5.36. The van der Waals surface area contributed by atoms with Gasteiger partial charge < -0.3 is 14.3 Å². The van der Waals surface area contributed by atoms with Crippen molar-refractivity contribution >= 4 is 11.4 Å². The Morgan fingerprint density at radius 1 is 0.929 bits per heavy atom. The molecule has 0 aliphatic carbocycles. The predicted octanol–water partition coefficient (Wildman–Crippen LogP) is 5.85. The molecular formula is C32H27N7O3. The number of nitrogens with zero attached hydrogens (tertiary/aromatic N) is 7. The second kappa shape index (κ2) is 10.5. The lowest BCUT2D eigenvalue weighted by Gasteiger charge is -2.27. The molecule has 0 bridgehead atoms. The lowest BCUT2D eigenvalue weighted by Crippen LogP contribution is -2.16. The van der Waals surface area contributed by atoms with Crippen LogP contribution >= 0.6 is 0 Å². The smallest absolute Gasteiger partial charge is 0.230 e. The summed E-state index contributed by atoms with van der Waals surface area (Å²) in [4.78, 5) is 15.2. The van der Waals surface area contributed by atoms with Gasteiger partial charge in [-0.25, -0.2) is 19.2 Å².